The number of hydrogen-bond acceptors (Lipinski definition) is 3. The maximum Gasteiger partial charge on any atom is 0.322 e. The molecule has 7 heteroatoms. The minimum atomic E-state index is -0.337. The van der Waals surface area contributed by atoms with E-state index in [9.17, 15) is 14.4 Å². The second-order valence-electron chi connectivity index (χ2n) is 5.71. The number of nitrogens with one attached hydrogen (secondary N) is 3. The molecule has 4 amide bonds. The molecule has 1 heterocycles. The fourth-order valence-corrected chi connectivity index (χ4v) is 2.35. The van der Waals surface area contributed by atoms with Gasteiger partial charge in [-0.05, 0) is 32.4 Å². The van der Waals surface area contributed by atoms with Crippen LogP contribution in [0.4, 0.5) is 16.2 Å². The number of anilines is 2. The summed E-state index contributed by atoms with van der Waals surface area (Å²) < 4.78 is 0. The van der Waals surface area contributed by atoms with Gasteiger partial charge in [0.2, 0.25) is 11.8 Å². The summed E-state index contributed by atoms with van der Waals surface area (Å²) in [5, 5.41) is 8.28. The summed E-state index contributed by atoms with van der Waals surface area (Å²) in [5.41, 5.74) is 1.29. The van der Waals surface area contributed by atoms with Crippen LogP contribution in [0.3, 0.4) is 0 Å². The van der Waals surface area contributed by atoms with Crippen LogP contribution >= 0.6 is 0 Å². The van der Waals surface area contributed by atoms with Crippen molar-refractivity contribution in [2.75, 3.05) is 23.3 Å². The predicted molar refractivity (Wildman–Crippen MR) is 88.3 cm³/mol. The van der Waals surface area contributed by atoms with Gasteiger partial charge >= 0.3 is 6.03 Å². The summed E-state index contributed by atoms with van der Waals surface area (Å²) in [5.74, 6) is -0.257. The summed E-state index contributed by atoms with van der Waals surface area (Å²) in [7, 11) is 0. The number of hydrogen-bond donors (Lipinski definition) is 3. The van der Waals surface area contributed by atoms with E-state index in [1.165, 1.54) is 4.90 Å². The number of fused-ring (bicyclic) bond motifs is 1. The van der Waals surface area contributed by atoms with E-state index in [-0.39, 0.29) is 30.4 Å². The second-order valence-corrected chi connectivity index (χ2v) is 5.71. The summed E-state index contributed by atoms with van der Waals surface area (Å²) in [4.78, 5) is 36.9. The van der Waals surface area contributed by atoms with E-state index in [1.807, 2.05) is 19.9 Å². The molecule has 0 aliphatic carbocycles. The van der Waals surface area contributed by atoms with Crippen molar-refractivity contribution in [3.05, 3.63) is 24.3 Å². The van der Waals surface area contributed by atoms with Gasteiger partial charge < -0.3 is 16.0 Å². The van der Waals surface area contributed by atoms with E-state index in [0.717, 1.165) is 0 Å². The van der Waals surface area contributed by atoms with E-state index in [2.05, 4.69) is 16.0 Å². The summed E-state index contributed by atoms with van der Waals surface area (Å²) in [6, 6.07) is 6.92. The maximum atomic E-state index is 12.3. The molecule has 0 unspecified atom stereocenters. The van der Waals surface area contributed by atoms with Crippen LogP contribution in [0.5, 0.6) is 0 Å². The Morgan fingerprint density at radius 3 is 2.78 bits per heavy atom. The van der Waals surface area contributed by atoms with Gasteiger partial charge in [0.1, 0.15) is 6.54 Å². The van der Waals surface area contributed by atoms with Gasteiger partial charge in [-0.25, -0.2) is 4.79 Å². The highest BCUT2D eigenvalue weighted by Gasteiger charge is 2.26. The third-order valence-corrected chi connectivity index (χ3v) is 3.32. The van der Waals surface area contributed by atoms with E-state index in [4.69, 9.17) is 0 Å². The van der Waals surface area contributed by atoms with E-state index < -0.39 is 0 Å². The Kier molecular flexibility index (Phi) is 5.56. The Hall–Kier alpha value is -2.57. The third-order valence-electron chi connectivity index (χ3n) is 3.32. The van der Waals surface area contributed by atoms with Crippen molar-refractivity contribution >= 4 is 29.2 Å². The van der Waals surface area contributed by atoms with Crippen molar-refractivity contribution in [3.63, 3.8) is 0 Å². The molecule has 0 radical (unpaired) electrons. The van der Waals surface area contributed by atoms with E-state index in [1.54, 1.807) is 18.2 Å². The van der Waals surface area contributed by atoms with Crippen LogP contribution in [-0.4, -0.2) is 37.0 Å². The fourth-order valence-electron chi connectivity index (χ4n) is 2.35. The van der Waals surface area contributed by atoms with Gasteiger partial charge in [0.05, 0.1) is 11.4 Å². The van der Waals surface area contributed by atoms with Crippen molar-refractivity contribution in [2.45, 2.75) is 32.7 Å². The minimum absolute atomic E-state index is 0.0172. The van der Waals surface area contributed by atoms with Crippen LogP contribution < -0.4 is 20.9 Å². The van der Waals surface area contributed by atoms with Gasteiger partial charge in [0, 0.05) is 19.0 Å². The molecule has 0 atom stereocenters. The number of benzene rings is 1. The Morgan fingerprint density at radius 1 is 1.30 bits per heavy atom. The smallest absolute Gasteiger partial charge is 0.322 e. The first-order valence-electron chi connectivity index (χ1n) is 7.71. The van der Waals surface area contributed by atoms with E-state index in [0.29, 0.717) is 30.8 Å². The lowest BCUT2D eigenvalue weighted by Crippen LogP contribution is -2.47. The number of rotatable bonds is 5. The molecule has 23 heavy (non-hydrogen) atoms. The molecule has 3 N–H and O–H groups in total. The zero-order chi connectivity index (χ0) is 16.8. The highest BCUT2D eigenvalue weighted by atomic mass is 16.2. The molecule has 1 aromatic rings. The van der Waals surface area contributed by atoms with Crippen molar-refractivity contribution < 1.29 is 14.4 Å². The number of amides is 4. The predicted octanol–water partition coefficient (Wildman–Crippen LogP) is 1.46. The fraction of sp³-hybridized carbons (Fsp3) is 0.438. The number of carbonyl (C=O) groups excluding carboxylic acids is 3. The molecule has 124 valence electrons. The number of para-hydroxylation sites is 2. The van der Waals surface area contributed by atoms with Crippen LogP contribution in [0.25, 0.3) is 0 Å². The standard InChI is InChI=1S/C16H22N4O3/c1-11(2)18-14(21)8-5-9-17-16(23)20-10-15(22)19-12-6-3-4-7-13(12)20/h3-4,6-7,11H,5,8-10H2,1-2H3,(H,17,23)(H,18,21)(H,19,22). The summed E-state index contributed by atoms with van der Waals surface area (Å²) in [6.07, 6.45) is 0.904. The molecule has 0 fully saturated rings. The Labute approximate surface area is 135 Å². The lowest BCUT2D eigenvalue weighted by atomic mass is 10.2. The topological polar surface area (TPSA) is 90.5 Å². The molecule has 1 aromatic carbocycles. The van der Waals surface area contributed by atoms with Gasteiger partial charge in [-0.3, -0.25) is 14.5 Å². The SMILES string of the molecule is CC(C)NC(=O)CCCNC(=O)N1CC(=O)Nc2ccccc21. The van der Waals surface area contributed by atoms with Gasteiger partial charge in [0.25, 0.3) is 0 Å². The average Bonchev–Trinajstić information content (AvgIpc) is 2.49. The molecule has 0 aromatic heterocycles. The first-order chi connectivity index (χ1) is 11.0. The van der Waals surface area contributed by atoms with Gasteiger partial charge in [-0.1, -0.05) is 12.1 Å². The number of urea groups is 1. The quantitative estimate of drug-likeness (QED) is 0.718. The molecule has 1 aliphatic rings. The first kappa shape index (κ1) is 16.8. The Balaban J connectivity index is 1.84. The van der Waals surface area contributed by atoms with Gasteiger partial charge in [-0.15, -0.1) is 0 Å². The van der Waals surface area contributed by atoms with Gasteiger partial charge in [0.15, 0.2) is 0 Å². The first-order valence-corrected chi connectivity index (χ1v) is 7.71. The van der Waals surface area contributed by atoms with Crippen LogP contribution in [0.15, 0.2) is 24.3 Å². The van der Waals surface area contributed by atoms with Crippen molar-refractivity contribution in [1.29, 1.82) is 0 Å². The lowest BCUT2D eigenvalue weighted by Gasteiger charge is -2.29. The summed E-state index contributed by atoms with van der Waals surface area (Å²) >= 11 is 0. The van der Waals surface area contributed by atoms with Crippen molar-refractivity contribution in [1.82, 2.24) is 10.6 Å². The highest BCUT2D eigenvalue weighted by molar-refractivity contribution is 6.09. The van der Waals surface area contributed by atoms with Crippen molar-refractivity contribution in [3.8, 4) is 0 Å². The molecule has 0 saturated carbocycles. The second kappa shape index (κ2) is 7.62. The number of carbonyl (C=O) groups is 3. The van der Waals surface area contributed by atoms with Crippen LogP contribution in [0, 0.1) is 0 Å². The Morgan fingerprint density at radius 2 is 2.04 bits per heavy atom. The lowest BCUT2D eigenvalue weighted by molar-refractivity contribution is -0.121. The average molecular weight is 318 g/mol. The molecular weight excluding hydrogens is 296 g/mol. The van der Waals surface area contributed by atoms with Crippen LogP contribution in [-0.2, 0) is 9.59 Å². The summed E-state index contributed by atoms with van der Waals surface area (Å²) in [6.45, 7) is 4.17. The van der Waals surface area contributed by atoms with E-state index >= 15 is 0 Å². The minimum Gasteiger partial charge on any atom is -0.354 e. The molecular formula is C16H22N4O3. The van der Waals surface area contributed by atoms with Crippen LogP contribution in [0.1, 0.15) is 26.7 Å². The van der Waals surface area contributed by atoms with Crippen molar-refractivity contribution in [2.24, 2.45) is 0 Å². The highest BCUT2D eigenvalue weighted by Crippen LogP contribution is 2.28. The molecule has 0 saturated heterocycles. The third kappa shape index (κ3) is 4.70. The molecule has 1 aliphatic heterocycles. The zero-order valence-electron chi connectivity index (χ0n) is 13.4. The Bertz CT molecular complexity index is 601. The molecule has 2 rings (SSSR count). The molecule has 0 spiro atoms. The zero-order valence-corrected chi connectivity index (χ0v) is 13.4. The largest absolute Gasteiger partial charge is 0.354 e. The molecule has 7 nitrogen and oxygen atoms in total. The van der Waals surface area contributed by atoms with Crippen LogP contribution in [0.2, 0.25) is 0 Å². The number of nitrogens with zero attached hydrogens (tertiary/aromatic N) is 1. The maximum absolute atomic E-state index is 12.3. The normalized spacial score (nSPS) is 13.3. The van der Waals surface area contributed by atoms with Gasteiger partial charge in [-0.2, -0.15) is 0 Å². The molecule has 0 bridgehead atoms. The monoisotopic (exact) mass is 318 g/mol.